The molecule has 13 heavy (non-hydrogen) atoms. The Labute approximate surface area is 80.9 Å². The van der Waals surface area contributed by atoms with Crippen molar-refractivity contribution in [1.82, 2.24) is 0 Å². The van der Waals surface area contributed by atoms with E-state index in [1.807, 2.05) is 0 Å². The molecule has 4 nitrogen and oxygen atoms in total. The van der Waals surface area contributed by atoms with E-state index in [0.29, 0.717) is 0 Å². The lowest BCUT2D eigenvalue weighted by atomic mass is 10.1. The predicted molar refractivity (Wildman–Crippen MR) is 47.1 cm³/mol. The maximum atomic E-state index is 12.8. The van der Waals surface area contributed by atoms with Crippen molar-refractivity contribution in [1.29, 1.82) is 0 Å². The number of benzene rings is 1. The van der Waals surface area contributed by atoms with Crippen molar-refractivity contribution in [3.63, 3.8) is 0 Å². The van der Waals surface area contributed by atoms with E-state index < -0.39 is 23.1 Å². The molecule has 0 aromatic heterocycles. The van der Waals surface area contributed by atoms with Crippen LogP contribution in [0.15, 0.2) is 10.5 Å². The van der Waals surface area contributed by atoms with Gasteiger partial charge in [-0.3, -0.25) is 0 Å². The highest BCUT2D eigenvalue weighted by atomic mass is 79.9. The fraction of sp³-hybridized carbons (Fsp3) is 0. The van der Waals surface area contributed by atoms with Crippen molar-refractivity contribution >= 4 is 27.6 Å². The minimum absolute atomic E-state index is 0.0288. The highest BCUT2D eigenvalue weighted by Crippen LogP contribution is 2.33. The van der Waals surface area contributed by atoms with E-state index in [1.165, 1.54) is 0 Å². The van der Waals surface area contributed by atoms with Crippen molar-refractivity contribution in [2.45, 2.75) is 0 Å². The van der Waals surface area contributed by atoms with Gasteiger partial charge in [0, 0.05) is 11.8 Å². The third-order valence-electron chi connectivity index (χ3n) is 1.43. The van der Waals surface area contributed by atoms with Crippen LogP contribution in [0.3, 0.4) is 0 Å². The lowest BCUT2D eigenvalue weighted by molar-refractivity contribution is 0.0692. The molecule has 0 bridgehead atoms. The minimum Gasteiger partial charge on any atom is -0.504 e. The summed E-state index contributed by atoms with van der Waals surface area (Å²) in [5.74, 6) is -3.43. The lowest BCUT2D eigenvalue weighted by Gasteiger charge is -2.05. The second-order valence-corrected chi connectivity index (χ2v) is 3.08. The number of carboxylic acid groups (broad SMARTS) is 1. The van der Waals surface area contributed by atoms with E-state index in [9.17, 15) is 9.18 Å². The summed E-state index contributed by atoms with van der Waals surface area (Å²) in [6.45, 7) is 0. The highest BCUT2D eigenvalue weighted by Gasteiger charge is 2.20. The van der Waals surface area contributed by atoms with Crippen LogP contribution in [0, 0.1) is 5.82 Å². The number of aromatic hydroxyl groups is 1. The molecule has 0 unspecified atom stereocenters. The summed E-state index contributed by atoms with van der Waals surface area (Å²) in [6.07, 6.45) is 0. The maximum Gasteiger partial charge on any atom is 0.340 e. The molecule has 0 amide bonds. The zero-order valence-electron chi connectivity index (χ0n) is 6.21. The Morgan fingerprint density at radius 1 is 1.62 bits per heavy atom. The molecule has 70 valence electrons. The maximum absolute atomic E-state index is 12.8. The van der Waals surface area contributed by atoms with Gasteiger partial charge in [0.2, 0.25) is 0 Å². The van der Waals surface area contributed by atoms with Gasteiger partial charge >= 0.3 is 5.97 Å². The van der Waals surface area contributed by atoms with Crippen LogP contribution in [0.2, 0.25) is 0 Å². The summed E-state index contributed by atoms with van der Waals surface area (Å²) in [7, 11) is 0. The van der Waals surface area contributed by atoms with Crippen LogP contribution in [0.1, 0.15) is 10.4 Å². The summed E-state index contributed by atoms with van der Waals surface area (Å²) in [6, 6.07) is 0.839. The van der Waals surface area contributed by atoms with Crippen LogP contribution in [-0.4, -0.2) is 16.2 Å². The van der Waals surface area contributed by atoms with E-state index >= 15 is 0 Å². The normalized spacial score (nSPS) is 10.0. The standard InChI is InChI=1S/C7H5BrFNO3/c8-5-3(10)1-2(9)6(11)4(5)7(12)13/h1,11H,10H2,(H,12,13). The van der Waals surface area contributed by atoms with Crippen molar-refractivity contribution in [3.8, 4) is 5.75 Å². The van der Waals surface area contributed by atoms with Gasteiger partial charge in [-0.1, -0.05) is 0 Å². The molecule has 0 aliphatic carbocycles. The van der Waals surface area contributed by atoms with Crippen LogP contribution < -0.4 is 5.73 Å². The molecular weight excluding hydrogens is 245 g/mol. The van der Waals surface area contributed by atoms with Crippen molar-refractivity contribution in [3.05, 3.63) is 21.9 Å². The number of carboxylic acids is 1. The highest BCUT2D eigenvalue weighted by molar-refractivity contribution is 9.10. The number of rotatable bonds is 1. The van der Waals surface area contributed by atoms with Gasteiger partial charge in [-0.05, 0) is 15.9 Å². The van der Waals surface area contributed by atoms with Gasteiger partial charge in [0.15, 0.2) is 11.6 Å². The Bertz CT molecular complexity index is 354. The van der Waals surface area contributed by atoms with Gasteiger partial charge in [0.1, 0.15) is 5.56 Å². The topological polar surface area (TPSA) is 83.5 Å². The zero-order chi connectivity index (χ0) is 10.2. The monoisotopic (exact) mass is 249 g/mol. The number of hydrogen-bond acceptors (Lipinski definition) is 3. The van der Waals surface area contributed by atoms with E-state index in [-0.39, 0.29) is 10.2 Å². The molecule has 0 aliphatic heterocycles. The quantitative estimate of drug-likeness (QED) is 0.521. The molecule has 0 saturated carbocycles. The Hall–Kier alpha value is -1.30. The average molecular weight is 250 g/mol. The molecule has 6 heteroatoms. The summed E-state index contributed by atoms with van der Waals surface area (Å²) >= 11 is 2.83. The molecule has 0 spiro atoms. The Morgan fingerprint density at radius 3 is 2.62 bits per heavy atom. The number of hydrogen-bond donors (Lipinski definition) is 3. The summed E-state index contributed by atoms with van der Waals surface area (Å²) < 4.78 is 12.7. The number of carbonyl (C=O) groups is 1. The zero-order valence-corrected chi connectivity index (χ0v) is 7.80. The van der Waals surface area contributed by atoms with Crippen molar-refractivity contribution < 1.29 is 19.4 Å². The van der Waals surface area contributed by atoms with Crippen molar-refractivity contribution in [2.24, 2.45) is 0 Å². The SMILES string of the molecule is Nc1cc(F)c(O)c(C(=O)O)c1Br. The average Bonchev–Trinajstić information content (AvgIpc) is 2.01. The van der Waals surface area contributed by atoms with E-state index in [0.717, 1.165) is 6.07 Å². The van der Waals surface area contributed by atoms with Gasteiger partial charge in [0.05, 0.1) is 4.47 Å². The van der Waals surface area contributed by atoms with Crippen LogP contribution in [0.5, 0.6) is 5.75 Å². The molecule has 1 aromatic rings. The number of halogens is 2. The molecule has 0 saturated heterocycles. The molecule has 0 heterocycles. The largest absolute Gasteiger partial charge is 0.504 e. The molecule has 0 aliphatic rings. The number of nitrogens with two attached hydrogens (primary N) is 1. The van der Waals surface area contributed by atoms with E-state index in [1.54, 1.807) is 0 Å². The van der Waals surface area contributed by atoms with Crippen LogP contribution in [-0.2, 0) is 0 Å². The number of anilines is 1. The third kappa shape index (κ3) is 1.57. The minimum atomic E-state index is -1.45. The first-order chi connectivity index (χ1) is 5.95. The Kier molecular flexibility index (Phi) is 2.42. The molecule has 0 fully saturated rings. The van der Waals surface area contributed by atoms with E-state index in [2.05, 4.69) is 15.9 Å². The Balaban J connectivity index is 3.56. The fourth-order valence-electron chi connectivity index (χ4n) is 0.831. The second kappa shape index (κ2) is 3.21. The van der Waals surface area contributed by atoms with Gasteiger partial charge in [0.25, 0.3) is 0 Å². The molecule has 4 N–H and O–H groups in total. The Morgan fingerprint density at radius 2 is 2.15 bits per heavy atom. The number of nitrogen functional groups attached to an aromatic ring is 1. The van der Waals surface area contributed by atoms with Crippen molar-refractivity contribution in [2.75, 3.05) is 5.73 Å². The van der Waals surface area contributed by atoms with E-state index in [4.69, 9.17) is 15.9 Å². The lowest BCUT2D eigenvalue weighted by Crippen LogP contribution is -2.02. The van der Waals surface area contributed by atoms with Gasteiger partial charge < -0.3 is 15.9 Å². The summed E-state index contributed by atoms with van der Waals surface area (Å²) in [5, 5.41) is 17.6. The first-order valence-corrected chi connectivity index (χ1v) is 3.94. The fourth-order valence-corrected chi connectivity index (χ4v) is 1.30. The van der Waals surface area contributed by atoms with Crippen LogP contribution in [0.4, 0.5) is 10.1 Å². The van der Waals surface area contributed by atoms with Crippen LogP contribution >= 0.6 is 15.9 Å². The summed E-state index contributed by atoms with van der Waals surface area (Å²) in [5.41, 5.74) is 4.62. The van der Waals surface area contributed by atoms with Gasteiger partial charge in [-0.25, -0.2) is 9.18 Å². The first-order valence-electron chi connectivity index (χ1n) is 3.15. The molecule has 1 rings (SSSR count). The molecular formula is C7H5BrFNO3. The van der Waals surface area contributed by atoms with Gasteiger partial charge in [-0.15, -0.1) is 0 Å². The van der Waals surface area contributed by atoms with Crippen LogP contribution in [0.25, 0.3) is 0 Å². The van der Waals surface area contributed by atoms with Gasteiger partial charge in [-0.2, -0.15) is 0 Å². The first kappa shape index (κ1) is 9.79. The smallest absolute Gasteiger partial charge is 0.340 e. The molecule has 0 atom stereocenters. The predicted octanol–water partition coefficient (Wildman–Crippen LogP) is 1.57. The number of aromatic carboxylic acids is 1. The second-order valence-electron chi connectivity index (χ2n) is 2.29. The number of phenols is 1. The molecule has 1 aromatic carbocycles. The molecule has 0 radical (unpaired) electrons. The summed E-state index contributed by atoms with van der Waals surface area (Å²) in [4.78, 5) is 10.5. The third-order valence-corrected chi connectivity index (χ3v) is 2.29.